The molecule has 0 saturated carbocycles. The normalized spacial score (nSPS) is 32.0. The number of nitrogens with one attached hydrogen (secondary N) is 1. The SMILES string of the molecule is CCOC(=O)[C@@H](NC(=O)[C@H]1C[C@H](O)CN1C(=O)CCCC(=O)[O-])[C@@H](C)O[C@@H]1O[C@@H](C)[C@@H](O)C(O)C1O. The lowest BCUT2D eigenvalue weighted by atomic mass is 10.00. The summed E-state index contributed by atoms with van der Waals surface area (Å²) >= 11 is 0. The van der Waals surface area contributed by atoms with Gasteiger partial charge < -0.3 is 54.8 Å². The number of nitrogens with zero attached hydrogens (tertiary/aromatic N) is 1. The lowest BCUT2D eigenvalue weighted by Crippen LogP contribution is -2.60. The van der Waals surface area contributed by atoms with E-state index in [9.17, 15) is 44.7 Å². The van der Waals surface area contributed by atoms with Crippen LogP contribution >= 0.6 is 0 Å². The molecule has 2 rings (SSSR count). The summed E-state index contributed by atoms with van der Waals surface area (Å²) in [6.07, 6.45) is -9.66. The van der Waals surface area contributed by atoms with Gasteiger partial charge in [0.1, 0.15) is 24.4 Å². The van der Waals surface area contributed by atoms with Gasteiger partial charge in [-0.15, -0.1) is 0 Å². The summed E-state index contributed by atoms with van der Waals surface area (Å²) in [5.41, 5.74) is 0. The number of aliphatic hydroxyl groups excluding tert-OH is 4. The molecule has 2 unspecified atom stereocenters. The Labute approximate surface area is 208 Å². The molecule has 0 bridgehead atoms. The molecular weight excluding hydrogens is 484 g/mol. The van der Waals surface area contributed by atoms with Crippen LogP contribution in [-0.2, 0) is 33.4 Å². The van der Waals surface area contributed by atoms with Crippen LogP contribution in [0, 0.1) is 0 Å². The highest BCUT2D eigenvalue weighted by atomic mass is 16.7. The number of carbonyl (C=O) groups excluding carboxylic acids is 4. The first-order valence-electron chi connectivity index (χ1n) is 11.9. The maximum Gasteiger partial charge on any atom is 0.331 e. The van der Waals surface area contributed by atoms with Gasteiger partial charge in [0, 0.05) is 25.4 Å². The van der Waals surface area contributed by atoms with Crippen molar-refractivity contribution in [3.63, 3.8) is 0 Å². The Morgan fingerprint density at radius 2 is 1.78 bits per heavy atom. The molecule has 0 aromatic carbocycles. The molecule has 0 radical (unpaired) electrons. The third-order valence-electron chi connectivity index (χ3n) is 6.14. The zero-order valence-corrected chi connectivity index (χ0v) is 20.4. The number of aliphatic hydroxyl groups is 4. The summed E-state index contributed by atoms with van der Waals surface area (Å²) < 4.78 is 16.0. The molecule has 2 saturated heterocycles. The number of hydrogen-bond donors (Lipinski definition) is 5. The summed E-state index contributed by atoms with van der Waals surface area (Å²) in [6, 6.07) is -2.55. The zero-order valence-electron chi connectivity index (χ0n) is 20.4. The molecule has 2 heterocycles. The molecule has 14 nitrogen and oxygen atoms in total. The van der Waals surface area contributed by atoms with E-state index in [0.29, 0.717) is 0 Å². The molecular formula is C22H35N2O12-. The quantitative estimate of drug-likeness (QED) is 0.166. The number of rotatable bonds is 11. The Kier molecular flexibility index (Phi) is 11.0. The molecule has 0 aliphatic carbocycles. The molecule has 0 aromatic rings. The second-order valence-electron chi connectivity index (χ2n) is 8.94. The molecule has 2 fully saturated rings. The second kappa shape index (κ2) is 13.3. The smallest absolute Gasteiger partial charge is 0.331 e. The van der Waals surface area contributed by atoms with Gasteiger partial charge in [0.05, 0.1) is 24.9 Å². The van der Waals surface area contributed by atoms with Crippen molar-refractivity contribution in [2.24, 2.45) is 0 Å². The monoisotopic (exact) mass is 519 g/mol. The predicted octanol–water partition coefficient (Wildman–Crippen LogP) is -3.85. The molecule has 0 spiro atoms. The van der Waals surface area contributed by atoms with Gasteiger partial charge in [-0.1, -0.05) is 0 Å². The largest absolute Gasteiger partial charge is 0.550 e. The van der Waals surface area contributed by atoms with E-state index in [1.165, 1.54) is 13.8 Å². The highest BCUT2D eigenvalue weighted by Crippen LogP contribution is 2.24. The molecule has 2 amide bonds. The number of likely N-dealkylation sites (tertiary alicyclic amines) is 1. The molecule has 0 aromatic heterocycles. The van der Waals surface area contributed by atoms with Crippen LogP contribution in [0.15, 0.2) is 0 Å². The fourth-order valence-corrected chi connectivity index (χ4v) is 4.13. The van der Waals surface area contributed by atoms with Crippen molar-refractivity contribution in [3.8, 4) is 0 Å². The van der Waals surface area contributed by atoms with E-state index in [-0.39, 0.29) is 38.8 Å². The van der Waals surface area contributed by atoms with E-state index >= 15 is 0 Å². The number of ether oxygens (including phenoxy) is 3. The Morgan fingerprint density at radius 3 is 2.39 bits per heavy atom. The lowest BCUT2D eigenvalue weighted by Gasteiger charge is -2.40. The van der Waals surface area contributed by atoms with Crippen molar-refractivity contribution in [2.45, 2.75) is 101 Å². The molecule has 36 heavy (non-hydrogen) atoms. The molecule has 2 aliphatic rings. The molecule has 9 atom stereocenters. The van der Waals surface area contributed by atoms with Crippen molar-refractivity contribution < 1.29 is 58.9 Å². The number of amides is 2. The number of carbonyl (C=O) groups is 4. The third kappa shape index (κ3) is 7.57. The van der Waals surface area contributed by atoms with Crippen LogP contribution in [0.5, 0.6) is 0 Å². The van der Waals surface area contributed by atoms with E-state index < -0.39 is 78.8 Å². The number of β-amino-alcohol motifs (C(OH)–C–C–N with tert-alkyl or cyclic N) is 1. The van der Waals surface area contributed by atoms with Gasteiger partial charge in [-0.25, -0.2) is 4.79 Å². The van der Waals surface area contributed by atoms with Crippen LogP contribution < -0.4 is 10.4 Å². The maximum atomic E-state index is 13.1. The van der Waals surface area contributed by atoms with Gasteiger partial charge >= 0.3 is 5.97 Å². The van der Waals surface area contributed by atoms with Crippen LogP contribution in [0.4, 0.5) is 0 Å². The Balaban J connectivity index is 2.12. The molecule has 206 valence electrons. The van der Waals surface area contributed by atoms with Crippen molar-refractivity contribution in [1.82, 2.24) is 10.2 Å². The van der Waals surface area contributed by atoms with Gasteiger partial charge in [0.2, 0.25) is 11.8 Å². The second-order valence-corrected chi connectivity index (χ2v) is 8.94. The first-order valence-corrected chi connectivity index (χ1v) is 11.9. The average Bonchev–Trinajstić information content (AvgIpc) is 3.21. The van der Waals surface area contributed by atoms with Gasteiger partial charge in [0.15, 0.2) is 12.3 Å². The third-order valence-corrected chi connectivity index (χ3v) is 6.14. The van der Waals surface area contributed by atoms with E-state index in [2.05, 4.69) is 5.32 Å². The molecule has 14 heteroatoms. The molecule has 2 aliphatic heterocycles. The van der Waals surface area contributed by atoms with Crippen molar-refractivity contribution in [2.75, 3.05) is 13.2 Å². The zero-order chi connectivity index (χ0) is 27.2. The van der Waals surface area contributed by atoms with E-state index in [4.69, 9.17) is 14.2 Å². The first kappa shape index (κ1) is 29.9. The predicted molar refractivity (Wildman–Crippen MR) is 116 cm³/mol. The highest BCUT2D eigenvalue weighted by molar-refractivity contribution is 5.91. The van der Waals surface area contributed by atoms with Crippen molar-refractivity contribution >= 4 is 23.8 Å². The van der Waals surface area contributed by atoms with Crippen molar-refractivity contribution in [3.05, 3.63) is 0 Å². The topological polar surface area (TPSA) is 215 Å². The summed E-state index contributed by atoms with van der Waals surface area (Å²) in [5, 5.41) is 53.2. The van der Waals surface area contributed by atoms with Crippen LogP contribution in [-0.4, -0.2) is 117 Å². The fraction of sp³-hybridized carbons (Fsp3) is 0.818. The standard InChI is InChI=1S/C22H36N2O12/c1-4-34-21(33)16(10(2)35-22-19(31)18(30)17(29)11(3)36-22)23-20(32)13-8-12(25)9-24(13)14(26)6-5-7-15(27)28/h10-13,16-19,22,25,29-31H,4-9H2,1-3H3,(H,23,32)(H,27,28)/p-1/t10-,11+,12+,13-,16+,17-,18?,19?,22-/m1/s1. The maximum absolute atomic E-state index is 13.1. The molecule has 5 N–H and O–H groups in total. The number of esters is 1. The van der Waals surface area contributed by atoms with Gasteiger partial charge in [0.25, 0.3) is 0 Å². The Morgan fingerprint density at radius 1 is 1.11 bits per heavy atom. The Bertz CT molecular complexity index is 795. The average molecular weight is 520 g/mol. The summed E-state index contributed by atoms with van der Waals surface area (Å²) in [6.45, 7) is 4.24. The minimum Gasteiger partial charge on any atom is -0.550 e. The van der Waals surface area contributed by atoms with E-state index in [1.807, 2.05) is 0 Å². The summed E-state index contributed by atoms with van der Waals surface area (Å²) in [4.78, 5) is 50.0. The van der Waals surface area contributed by atoms with Crippen LogP contribution in [0.1, 0.15) is 46.5 Å². The minimum atomic E-state index is -1.64. The van der Waals surface area contributed by atoms with Gasteiger partial charge in [-0.2, -0.15) is 0 Å². The number of aliphatic carboxylic acids is 1. The summed E-state index contributed by atoms with van der Waals surface area (Å²) in [7, 11) is 0. The first-order chi connectivity index (χ1) is 16.9. The summed E-state index contributed by atoms with van der Waals surface area (Å²) in [5.74, 6) is -3.50. The number of carboxylic acids is 1. The van der Waals surface area contributed by atoms with E-state index in [0.717, 1.165) is 4.90 Å². The van der Waals surface area contributed by atoms with E-state index in [1.54, 1.807) is 6.92 Å². The number of hydrogen-bond acceptors (Lipinski definition) is 12. The van der Waals surface area contributed by atoms with Crippen molar-refractivity contribution in [1.29, 1.82) is 0 Å². The van der Waals surface area contributed by atoms with Crippen LogP contribution in [0.25, 0.3) is 0 Å². The van der Waals surface area contributed by atoms with Gasteiger partial charge in [-0.05, 0) is 33.6 Å². The van der Waals surface area contributed by atoms with Crippen LogP contribution in [0.3, 0.4) is 0 Å². The number of carboxylic acid groups (broad SMARTS) is 1. The van der Waals surface area contributed by atoms with Gasteiger partial charge in [-0.3, -0.25) is 9.59 Å². The van der Waals surface area contributed by atoms with Crippen LogP contribution in [0.2, 0.25) is 0 Å². The Hall–Kier alpha value is -2.36. The highest BCUT2D eigenvalue weighted by Gasteiger charge is 2.45. The minimum absolute atomic E-state index is 0.00110. The fourth-order valence-electron chi connectivity index (χ4n) is 4.13. The lowest BCUT2D eigenvalue weighted by molar-refractivity contribution is -0.305.